The molecule has 0 radical (unpaired) electrons. The van der Waals surface area contributed by atoms with E-state index in [2.05, 4.69) is 33.4 Å². The van der Waals surface area contributed by atoms with Gasteiger partial charge in [-0.2, -0.15) is 11.8 Å². The van der Waals surface area contributed by atoms with Crippen molar-refractivity contribution in [3.63, 3.8) is 0 Å². The second-order valence-corrected chi connectivity index (χ2v) is 6.44. The van der Waals surface area contributed by atoms with E-state index in [4.69, 9.17) is 0 Å². The third-order valence-electron chi connectivity index (χ3n) is 1.83. The maximum absolute atomic E-state index is 3.52. The average Bonchev–Trinajstić information content (AvgIpc) is 2.32. The van der Waals surface area contributed by atoms with Crippen LogP contribution in [0.25, 0.3) is 0 Å². The van der Waals surface area contributed by atoms with Crippen molar-refractivity contribution in [3.8, 4) is 0 Å². The van der Waals surface area contributed by atoms with Crippen LogP contribution in [0.2, 0.25) is 0 Å². The predicted molar refractivity (Wildman–Crippen MR) is 60.0 cm³/mol. The Labute approximate surface area is 89.1 Å². The van der Waals surface area contributed by atoms with E-state index in [1.54, 1.807) is 0 Å². The van der Waals surface area contributed by atoms with Gasteiger partial charge in [0.1, 0.15) is 0 Å². The Bertz CT molecular complexity index is 257. The van der Waals surface area contributed by atoms with Gasteiger partial charge in [-0.1, -0.05) is 0 Å². The molecule has 0 spiro atoms. The van der Waals surface area contributed by atoms with Crippen LogP contribution in [0.3, 0.4) is 0 Å². The van der Waals surface area contributed by atoms with Crippen LogP contribution in [0.4, 0.5) is 0 Å². The summed E-state index contributed by atoms with van der Waals surface area (Å²) in [5.74, 6) is 2.57. The molecule has 1 aromatic rings. The van der Waals surface area contributed by atoms with Gasteiger partial charge in [0, 0.05) is 29.0 Å². The molecule has 1 saturated heterocycles. The van der Waals surface area contributed by atoms with Gasteiger partial charge in [-0.15, -0.1) is 11.3 Å². The van der Waals surface area contributed by atoms with Crippen molar-refractivity contribution in [2.45, 2.75) is 12.6 Å². The fourth-order valence-corrected chi connectivity index (χ4v) is 3.19. The molecule has 1 nitrogen and oxygen atoms in total. The van der Waals surface area contributed by atoms with E-state index < -0.39 is 0 Å². The van der Waals surface area contributed by atoms with E-state index in [0.717, 1.165) is 12.6 Å². The minimum atomic E-state index is 0.760. The first-order chi connectivity index (χ1) is 5.84. The highest BCUT2D eigenvalue weighted by Crippen LogP contribution is 2.23. The molecule has 4 heteroatoms. The molecular weight excluding hydrogens is 254 g/mol. The summed E-state index contributed by atoms with van der Waals surface area (Å²) in [5.41, 5.74) is 0. The Morgan fingerprint density at radius 3 is 2.83 bits per heavy atom. The molecule has 1 aliphatic heterocycles. The summed E-state index contributed by atoms with van der Waals surface area (Å²) < 4.78 is 1.22. The molecule has 0 unspecified atom stereocenters. The van der Waals surface area contributed by atoms with Gasteiger partial charge in [0.15, 0.2) is 0 Å². The van der Waals surface area contributed by atoms with Crippen LogP contribution in [0, 0.1) is 0 Å². The van der Waals surface area contributed by atoms with Crippen molar-refractivity contribution in [2.75, 3.05) is 11.5 Å². The lowest BCUT2D eigenvalue weighted by Crippen LogP contribution is -2.39. The van der Waals surface area contributed by atoms with Gasteiger partial charge >= 0.3 is 0 Å². The van der Waals surface area contributed by atoms with Crippen molar-refractivity contribution in [1.29, 1.82) is 0 Å². The van der Waals surface area contributed by atoms with Crippen LogP contribution >= 0.6 is 39.0 Å². The third kappa shape index (κ3) is 2.25. The van der Waals surface area contributed by atoms with Crippen LogP contribution in [0.1, 0.15) is 4.88 Å². The molecule has 0 amide bonds. The molecule has 0 saturated carbocycles. The first-order valence-corrected chi connectivity index (χ1v) is 6.66. The number of nitrogens with one attached hydrogen (secondary N) is 1. The van der Waals surface area contributed by atoms with Crippen LogP contribution in [-0.4, -0.2) is 17.5 Å². The Morgan fingerprint density at radius 1 is 1.50 bits per heavy atom. The van der Waals surface area contributed by atoms with Gasteiger partial charge in [0.05, 0.1) is 3.79 Å². The Hall–Kier alpha value is 0.490. The summed E-state index contributed by atoms with van der Waals surface area (Å²) in [4.78, 5) is 1.42. The van der Waals surface area contributed by atoms with E-state index in [1.807, 2.05) is 23.1 Å². The lowest BCUT2D eigenvalue weighted by atomic mass is 10.3. The number of thiophene rings is 1. The normalized spacial score (nSPS) is 17.8. The van der Waals surface area contributed by atoms with Crippen LogP contribution < -0.4 is 5.32 Å². The molecule has 1 fully saturated rings. The average molecular weight is 264 g/mol. The van der Waals surface area contributed by atoms with E-state index in [0.29, 0.717) is 0 Å². The second kappa shape index (κ2) is 4.13. The zero-order chi connectivity index (χ0) is 8.39. The lowest BCUT2D eigenvalue weighted by molar-refractivity contribution is 0.587. The van der Waals surface area contributed by atoms with Crippen LogP contribution in [-0.2, 0) is 6.54 Å². The summed E-state index contributed by atoms with van der Waals surface area (Å²) in [6.07, 6.45) is 0. The largest absolute Gasteiger partial charge is 0.307 e. The Balaban J connectivity index is 1.79. The fraction of sp³-hybridized carbons (Fsp3) is 0.500. The molecule has 0 aromatic carbocycles. The van der Waals surface area contributed by atoms with Gasteiger partial charge < -0.3 is 5.32 Å². The quantitative estimate of drug-likeness (QED) is 0.900. The minimum absolute atomic E-state index is 0.760. The van der Waals surface area contributed by atoms with Gasteiger partial charge in [-0.05, 0) is 28.1 Å². The summed E-state index contributed by atoms with van der Waals surface area (Å²) in [6, 6.07) is 5.04. The maximum atomic E-state index is 3.52. The highest BCUT2D eigenvalue weighted by atomic mass is 79.9. The summed E-state index contributed by atoms with van der Waals surface area (Å²) >= 11 is 7.29. The molecule has 0 bridgehead atoms. The Kier molecular flexibility index (Phi) is 3.12. The standard InChI is InChI=1S/C8H10BrNS2/c9-8-2-1-7(12-8)3-10-6-4-11-5-6/h1-2,6,10H,3-5H2. The smallest absolute Gasteiger partial charge is 0.0701 e. The second-order valence-electron chi connectivity index (χ2n) is 2.82. The SMILES string of the molecule is Brc1ccc(CNC2CSC2)s1. The number of hydrogen-bond donors (Lipinski definition) is 1. The van der Waals surface area contributed by atoms with E-state index in [-0.39, 0.29) is 0 Å². The fourth-order valence-electron chi connectivity index (χ4n) is 1.05. The summed E-state index contributed by atoms with van der Waals surface area (Å²) in [7, 11) is 0. The topological polar surface area (TPSA) is 12.0 Å². The van der Waals surface area contributed by atoms with Crippen molar-refractivity contribution in [3.05, 3.63) is 20.8 Å². The first-order valence-electron chi connectivity index (χ1n) is 3.90. The number of halogens is 1. The summed E-state index contributed by atoms with van der Waals surface area (Å²) in [5, 5.41) is 3.52. The van der Waals surface area contributed by atoms with E-state index in [9.17, 15) is 0 Å². The molecule has 1 N–H and O–H groups in total. The number of thioether (sulfide) groups is 1. The number of hydrogen-bond acceptors (Lipinski definition) is 3. The van der Waals surface area contributed by atoms with Crippen molar-refractivity contribution >= 4 is 39.0 Å². The molecule has 66 valence electrons. The zero-order valence-electron chi connectivity index (χ0n) is 6.55. The van der Waals surface area contributed by atoms with Gasteiger partial charge in [0.25, 0.3) is 0 Å². The van der Waals surface area contributed by atoms with Crippen LogP contribution in [0.15, 0.2) is 15.9 Å². The van der Waals surface area contributed by atoms with E-state index in [1.165, 1.54) is 20.2 Å². The van der Waals surface area contributed by atoms with Gasteiger partial charge in [-0.3, -0.25) is 0 Å². The maximum Gasteiger partial charge on any atom is 0.0701 e. The minimum Gasteiger partial charge on any atom is -0.307 e. The summed E-state index contributed by atoms with van der Waals surface area (Å²) in [6.45, 7) is 1.03. The molecule has 1 aliphatic rings. The van der Waals surface area contributed by atoms with Crippen molar-refractivity contribution < 1.29 is 0 Å². The monoisotopic (exact) mass is 263 g/mol. The molecule has 12 heavy (non-hydrogen) atoms. The van der Waals surface area contributed by atoms with E-state index >= 15 is 0 Å². The Morgan fingerprint density at radius 2 is 2.33 bits per heavy atom. The molecule has 1 aromatic heterocycles. The van der Waals surface area contributed by atoms with Gasteiger partial charge in [-0.25, -0.2) is 0 Å². The van der Waals surface area contributed by atoms with Crippen molar-refractivity contribution in [1.82, 2.24) is 5.32 Å². The highest BCUT2D eigenvalue weighted by molar-refractivity contribution is 9.11. The zero-order valence-corrected chi connectivity index (χ0v) is 9.77. The molecule has 2 heterocycles. The van der Waals surface area contributed by atoms with Gasteiger partial charge in [0.2, 0.25) is 0 Å². The predicted octanol–water partition coefficient (Wildman–Crippen LogP) is 2.72. The van der Waals surface area contributed by atoms with Crippen molar-refractivity contribution in [2.24, 2.45) is 0 Å². The molecule has 0 aliphatic carbocycles. The lowest BCUT2D eigenvalue weighted by Gasteiger charge is -2.25. The molecular formula is C8H10BrNS2. The molecule has 2 rings (SSSR count). The number of rotatable bonds is 3. The van der Waals surface area contributed by atoms with Crippen LogP contribution in [0.5, 0.6) is 0 Å². The molecule has 0 atom stereocenters. The first kappa shape index (κ1) is 9.06. The third-order valence-corrected chi connectivity index (χ3v) is 4.73. The highest BCUT2D eigenvalue weighted by Gasteiger charge is 2.16.